The number of hydrogen-bond acceptors (Lipinski definition) is 4. The van der Waals surface area contributed by atoms with Crippen LogP contribution in [0.2, 0.25) is 0 Å². The molecule has 5 nitrogen and oxygen atoms in total. The third-order valence-electron chi connectivity index (χ3n) is 1.55. The number of carboxylic acids is 1. The molecule has 0 spiro atoms. The quantitative estimate of drug-likeness (QED) is 0.693. The number of aromatic carboxylic acids is 1. The number of rotatable bonds is 1. The molecule has 13 heavy (non-hydrogen) atoms. The van der Waals surface area contributed by atoms with Gasteiger partial charge in [0.2, 0.25) is 0 Å². The van der Waals surface area contributed by atoms with Crippen LogP contribution in [0, 0.1) is 0 Å². The summed E-state index contributed by atoms with van der Waals surface area (Å²) in [7, 11) is 0. The van der Waals surface area contributed by atoms with Crippen LogP contribution in [0.4, 0.5) is 0 Å². The molecule has 1 aromatic carbocycles. The van der Waals surface area contributed by atoms with Crippen LogP contribution in [-0.4, -0.2) is 40.3 Å². The van der Waals surface area contributed by atoms with Gasteiger partial charge in [-0.3, -0.25) is 0 Å². The Hall–Kier alpha value is -1.03. The number of phenols is 1. The molecule has 1 aliphatic rings. The zero-order valence-corrected chi connectivity index (χ0v) is 9.70. The molecule has 0 saturated carbocycles. The van der Waals surface area contributed by atoms with Crippen LogP contribution >= 0.6 is 0 Å². The van der Waals surface area contributed by atoms with Gasteiger partial charge in [0.1, 0.15) is 0 Å². The van der Waals surface area contributed by atoms with Gasteiger partial charge in [-0.2, -0.15) is 0 Å². The van der Waals surface area contributed by atoms with Crippen molar-refractivity contribution in [1.29, 1.82) is 0 Å². The third kappa shape index (κ3) is 1.42. The topological polar surface area (TPSA) is 76.0 Å². The molecular weight excluding hydrogens is 373 g/mol. The van der Waals surface area contributed by atoms with Crippen molar-refractivity contribution in [3.63, 3.8) is 0 Å². The van der Waals surface area contributed by atoms with Crippen LogP contribution in [0.5, 0.6) is 17.2 Å². The van der Waals surface area contributed by atoms with Gasteiger partial charge in [-0.25, -0.2) is 0 Å². The van der Waals surface area contributed by atoms with Crippen LogP contribution in [0.25, 0.3) is 0 Å². The Balaban J connectivity index is 2.55. The van der Waals surface area contributed by atoms with Gasteiger partial charge in [-0.15, -0.1) is 0 Å². The van der Waals surface area contributed by atoms with E-state index in [1.165, 1.54) is 6.07 Å². The van der Waals surface area contributed by atoms with Crippen molar-refractivity contribution in [3.05, 3.63) is 17.7 Å². The average Bonchev–Trinajstić information content (AvgIpc) is 2.51. The summed E-state index contributed by atoms with van der Waals surface area (Å²) in [6.45, 7) is 0. The molecule has 2 rings (SSSR count). The predicted molar refractivity (Wildman–Crippen MR) is 42.1 cm³/mol. The van der Waals surface area contributed by atoms with Gasteiger partial charge in [0.15, 0.2) is 0 Å². The molecule has 6 heteroatoms. The van der Waals surface area contributed by atoms with E-state index < -0.39 is 30.1 Å². The normalized spacial score (nSPS) is 12.9. The molecule has 1 radical (unpaired) electrons. The molecule has 2 N–H and O–H groups in total. The fourth-order valence-corrected chi connectivity index (χ4v) is 2.95. The standard InChI is InChI=1S/C7H6O5.Bi/c8-4-1-3(7(11)12)2-5(9)6(4)10;/h1-2,8-10H,(H,11,12);/q;+2/p-2. The van der Waals surface area contributed by atoms with Gasteiger partial charge in [0.25, 0.3) is 0 Å². The van der Waals surface area contributed by atoms with E-state index in [0.29, 0.717) is 5.75 Å². The van der Waals surface area contributed by atoms with E-state index in [-0.39, 0.29) is 17.1 Å². The van der Waals surface area contributed by atoms with Crippen LogP contribution in [-0.2, 0) is 0 Å². The Morgan fingerprint density at radius 3 is 2.85 bits per heavy atom. The zero-order valence-electron chi connectivity index (χ0n) is 6.22. The van der Waals surface area contributed by atoms with Crippen LogP contribution in [0.3, 0.4) is 0 Å². The summed E-state index contributed by atoms with van der Waals surface area (Å²) in [5, 5.41) is 18.0. The molecule has 0 atom stereocenters. The number of carboxylic acid groups (broad SMARTS) is 1. The second-order valence-corrected chi connectivity index (χ2v) is 4.38. The molecule has 0 aliphatic carbocycles. The summed E-state index contributed by atoms with van der Waals surface area (Å²) >= 11 is -1.46. The fraction of sp³-hybridized carbons (Fsp3) is 0. The number of aromatic hydroxyl groups is 1. The molecule has 1 aromatic rings. The van der Waals surface area contributed by atoms with Crippen molar-refractivity contribution < 1.29 is 20.6 Å². The van der Waals surface area contributed by atoms with Crippen LogP contribution in [0.1, 0.15) is 10.4 Å². The Labute approximate surface area is 85.7 Å². The van der Waals surface area contributed by atoms with Crippen molar-refractivity contribution in [2.24, 2.45) is 0 Å². The molecular formula is C7H4BiO5. The van der Waals surface area contributed by atoms with E-state index >= 15 is 0 Å². The van der Waals surface area contributed by atoms with Gasteiger partial charge in [-0.1, -0.05) is 0 Å². The van der Waals surface area contributed by atoms with E-state index in [0.717, 1.165) is 6.07 Å². The van der Waals surface area contributed by atoms with Crippen molar-refractivity contribution in [2.45, 2.75) is 0 Å². The summed E-state index contributed by atoms with van der Waals surface area (Å²) in [4.78, 5) is 10.6. The number of benzene rings is 1. The van der Waals surface area contributed by atoms with Gasteiger partial charge in [-0.05, 0) is 0 Å². The molecule has 0 aromatic heterocycles. The van der Waals surface area contributed by atoms with Crippen molar-refractivity contribution >= 4 is 30.1 Å². The van der Waals surface area contributed by atoms with E-state index in [4.69, 9.17) is 10.7 Å². The molecule has 0 bridgehead atoms. The molecule has 0 amide bonds. The minimum absolute atomic E-state index is 0.00273. The van der Waals surface area contributed by atoms with Crippen molar-refractivity contribution in [1.82, 2.24) is 0 Å². The second-order valence-electron chi connectivity index (χ2n) is 2.38. The van der Waals surface area contributed by atoms with Gasteiger partial charge in [0.05, 0.1) is 0 Å². The monoisotopic (exact) mass is 377 g/mol. The summed E-state index contributed by atoms with van der Waals surface area (Å²) in [6.07, 6.45) is 0. The molecule has 0 unspecified atom stereocenters. The Kier molecular flexibility index (Phi) is 2.00. The van der Waals surface area contributed by atoms with Crippen molar-refractivity contribution in [2.75, 3.05) is 0 Å². The number of phenolic OH excluding ortho intramolecular Hbond substituents is 1. The first-order valence-corrected chi connectivity index (χ1v) is 6.17. The van der Waals surface area contributed by atoms with E-state index in [1.54, 1.807) is 0 Å². The molecule has 67 valence electrons. The summed E-state index contributed by atoms with van der Waals surface area (Å²) in [6, 6.07) is 2.50. The van der Waals surface area contributed by atoms with Gasteiger partial charge >= 0.3 is 85.7 Å². The SMILES string of the molecule is O=C(O)c1cc(O)c2c(c1)[O][Bi][O]2. The summed E-state index contributed by atoms with van der Waals surface area (Å²) in [5.74, 6) is -0.646. The Morgan fingerprint density at radius 2 is 2.15 bits per heavy atom. The molecule has 1 heterocycles. The maximum absolute atomic E-state index is 10.6. The first-order chi connectivity index (χ1) is 6.18. The first kappa shape index (κ1) is 8.57. The zero-order chi connectivity index (χ0) is 9.42. The Morgan fingerprint density at radius 1 is 1.38 bits per heavy atom. The summed E-state index contributed by atoms with van der Waals surface area (Å²) < 4.78 is 10.2. The molecule has 1 aliphatic heterocycles. The fourth-order valence-electron chi connectivity index (χ4n) is 0.967. The molecule has 0 saturated heterocycles. The van der Waals surface area contributed by atoms with Gasteiger partial charge < -0.3 is 0 Å². The predicted octanol–water partition coefficient (Wildman–Crippen LogP) is 0.396. The van der Waals surface area contributed by atoms with Gasteiger partial charge in [0, 0.05) is 0 Å². The number of hydrogen-bond donors (Lipinski definition) is 2. The average molecular weight is 377 g/mol. The van der Waals surface area contributed by atoms with Crippen molar-refractivity contribution in [3.8, 4) is 17.2 Å². The minimum atomic E-state index is -1.46. The van der Waals surface area contributed by atoms with E-state index in [1.807, 2.05) is 0 Å². The third-order valence-corrected chi connectivity index (χ3v) is 3.60. The van der Waals surface area contributed by atoms with E-state index in [9.17, 15) is 9.90 Å². The number of carbonyl (C=O) groups is 1. The second kappa shape index (κ2) is 3.03. The maximum atomic E-state index is 10.6. The molecule has 0 fully saturated rings. The van der Waals surface area contributed by atoms with Crippen LogP contribution < -0.4 is 5.63 Å². The van der Waals surface area contributed by atoms with E-state index in [2.05, 4.69) is 0 Å². The number of fused-ring (bicyclic) bond motifs is 1. The van der Waals surface area contributed by atoms with Crippen LogP contribution in [0.15, 0.2) is 12.1 Å². The summed E-state index contributed by atoms with van der Waals surface area (Å²) in [5.41, 5.74) is 0.00273. The first-order valence-electron chi connectivity index (χ1n) is 3.33. The Bertz CT molecular complexity index is 375.